The zero-order valence-electron chi connectivity index (χ0n) is 12.0. The van der Waals surface area contributed by atoms with Gasteiger partial charge in [-0.1, -0.05) is 0 Å². The second-order valence-corrected chi connectivity index (χ2v) is 5.89. The standard InChI is InChI=1S/C15H20N2O3/c1-9-11-8-10(13(18)19)4-5-12(11)17-14(16-9)15(20-2)6-3-7-15/h10H,3-8H2,1-2H3,(H,18,19). The molecule has 1 fully saturated rings. The lowest BCUT2D eigenvalue weighted by Gasteiger charge is -2.39. The number of carbonyl (C=O) groups is 1. The van der Waals surface area contributed by atoms with Crippen molar-refractivity contribution >= 4 is 5.97 Å². The van der Waals surface area contributed by atoms with Gasteiger partial charge in [-0.15, -0.1) is 0 Å². The third kappa shape index (κ3) is 2.00. The molecule has 3 rings (SSSR count). The molecule has 0 bridgehead atoms. The number of carboxylic acids is 1. The van der Waals surface area contributed by atoms with Crippen LogP contribution < -0.4 is 0 Å². The number of carboxylic acid groups (broad SMARTS) is 1. The van der Waals surface area contributed by atoms with Crippen LogP contribution in [0.5, 0.6) is 0 Å². The number of fused-ring (bicyclic) bond motifs is 1. The number of aryl methyl sites for hydroxylation is 2. The monoisotopic (exact) mass is 276 g/mol. The third-order valence-corrected chi connectivity index (χ3v) is 4.79. The fourth-order valence-corrected chi connectivity index (χ4v) is 3.22. The number of nitrogens with zero attached hydrogens (tertiary/aromatic N) is 2. The maximum Gasteiger partial charge on any atom is 0.306 e. The number of aliphatic carboxylic acids is 1. The second kappa shape index (κ2) is 4.81. The lowest BCUT2D eigenvalue weighted by Crippen LogP contribution is -2.39. The number of hydrogen-bond donors (Lipinski definition) is 1. The van der Waals surface area contributed by atoms with Gasteiger partial charge in [0.15, 0.2) is 5.82 Å². The fourth-order valence-electron chi connectivity index (χ4n) is 3.22. The first-order valence-electron chi connectivity index (χ1n) is 7.20. The van der Waals surface area contributed by atoms with E-state index in [0.717, 1.165) is 48.5 Å². The van der Waals surface area contributed by atoms with Gasteiger partial charge in [0.2, 0.25) is 0 Å². The van der Waals surface area contributed by atoms with Crippen LogP contribution in [-0.4, -0.2) is 28.2 Å². The molecule has 5 nitrogen and oxygen atoms in total. The molecule has 20 heavy (non-hydrogen) atoms. The molecule has 0 aliphatic heterocycles. The van der Waals surface area contributed by atoms with Crippen LogP contribution >= 0.6 is 0 Å². The molecule has 1 aromatic rings. The molecule has 2 aliphatic rings. The highest BCUT2D eigenvalue weighted by atomic mass is 16.5. The minimum absolute atomic E-state index is 0.296. The number of ether oxygens (including phenoxy) is 1. The van der Waals surface area contributed by atoms with Gasteiger partial charge in [0, 0.05) is 18.5 Å². The van der Waals surface area contributed by atoms with Crippen molar-refractivity contribution in [2.75, 3.05) is 7.11 Å². The molecule has 108 valence electrons. The van der Waals surface area contributed by atoms with Gasteiger partial charge in [-0.25, -0.2) is 9.97 Å². The van der Waals surface area contributed by atoms with E-state index in [-0.39, 0.29) is 11.5 Å². The Morgan fingerprint density at radius 1 is 1.40 bits per heavy atom. The Morgan fingerprint density at radius 2 is 2.15 bits per heavy atom. The summed E-state index contributed by atoms with van der Waals surface area (Å²) in [6.07, 6.45) is 5.03. The predicted molar refractivity (Wildman–Crippen MR) is 72.5 cm³/mol. The van der Waals surface area contributed by atoms with Crippen LogP contribution in [-0.2, 0) is 28.0 Å². The number of hydrogen-bond acceptors (Lipinski definition) is 4. The Kier molecular flexibility index (Phi) is 3.24. The number of aromatic nitrogens is 2. The van der Waals surface area contributed by atoms with Crippen LogP contribution in [0, 0.1) is 12.8 Å². The topological polar surface area (TPSA) is 72.3 Å². The van der Waals surface area contributed by atoms with Crippen molar-refractivity contribution in [1.29, 1.82) is 0 Å². The van der Waals surface area contributed by atoms with Crippen molar-refractivity contribution in [3.63, 3.8) is 0 Å². The van der Waals surface area contributed by atoms with Gasteiger partial charge in [-0.05, 0) is 51.0 Å². The van der Waals surface area contributed by atoms with Crippen LogP contribution in [0.1, 0.15) is 48.5 Å². The zero-order valence-corrected chi connectivity index (χ0v) is 12.0. The van der Waals surface area contributed by atoms with Gasteiger partial charge >= 0.3 is 5.97 Å². The van der Waals surface area contributed by atoms with E-state index in [9.17, 15) is 4.79 Å². The first-order valence-corrected chi connectivity index (χ1v) is 7.20. The third-order valence-electron chi connectivity index (χ3n) is 4.79. The quantitative estimate of drug-likeness (QED) is 0.914. The van der Waals surface area contributed by atoms with Gasteiger partial charge in [0.05, 0.1) is 5.92 Å². The van der Waals surface area contributed by atoms with Crippen molar-refractivity contribution in [3.8, 4) is 0 Å². The van der Waals surface area contributed by atoms with E-state index in [4.69, 9.17) is 14.8 Å². The number of methoxy groups -OCH3 is 1. The second-order valence-electron chi connectivity index (χ2n) is 5.89. The molecule has 2 aliphatic carbocycles. The summed E-state index contributed by atoms with van der Waals surface area (Å²) < 4.78 is 5.65. The Labute approximate surface area is 118 Å². The molecule has 1 heterocycles. The fraction of sp³-hybridized carbons (Fsp3) is 0.667. The summed E-state index contributed by atoms with van der Waals surface area (Å²) in [6, 6.07) is 0. The summed E-state index contributed by atoms with van der Waals surface area (Å²) in [5, 5.41) is 9.16. The summed E-state index contributed by atoms with van der Waals surface area (Å²) >= 11 is 0. The van der Waals surface area contributed by atoms with E-state index in [2.05, 4.69) is 4.98 Å². The summed E-state index contributed by atoms with van der Waals surface area (Å²) in [5.74, 6) is -0.224. The predicted octanol–water partition coefficient (Wildman–Crippen LogP) is 2.00. The van der Waals surface area contributed by atoms with Crippen molar-refractivity contribution in [2.45, 2.75) is 51.0 Å². The van der Waals surface area contributed by atoms with Gasteiger partial charge < -0.3 is 9.84 Å². The van der Waals surface area contributed by atoms with Crippen LogP contribution in [0.2, 0.25) is 0 Å². The smallest absolute Gasteiger partial charge is 0.306 e. The molecule has 1 saturated carbocycles. The van der Waals surface area contributed by atoms with E-state index < -0.39 is 5.97 Å². The van der Waals surface area contributed by atoms with E-state index in [1.807, 2.05) is 6.92 Å². The SMILES string of the molecule is COC1(c2nc(C)c3c(n2)CCC(C(=O)O)C3)CCC1. The van der Waals surface area contributed by atoms with E-state index >= 15 is 0 Å². The Hall–Kier alpha value is -1.49. The Balaban J connectivity index is 1.96. The molecule has 1 atom stereocenters. The Bertz CT molecular complexity index is 547. The molecule has 1 N–H and O–H groups in total. The van der Waals surface area contributed by atoms with E-state index in [1.54, 1.807) is 7.11 Å². The lowest BCUT2D eigenvalue weighted by molar-refractivity contribution is -0.142. The van der Waals surface area contributed by atoms with E-state index in [1.165, 1.54) is 0 Å². The lowest BCUT2D eigenvalue weighted by atomic mass is 9.78. The van der Waals surface area contributed by atoms with Gasteiger partial charge in [-0.3, -0.25) is 4.79 Å². The molecule has 0 amide bonds. The molecule has 5 heteroatoms. The molecule has 0 radical (unpaired) electrons. The van der Waals surface area contributed by atoms with Crippen molar-refractivity contribution in [1.82, 2.24) is 9.97 Å². The highest BCUT2D eigenvalue weighted by Gasteiger charge is 2.42. The normalized spacial score (nSPS) is 23.8. The minimum atomic E-state index is -0.716. The molecule has 0 spiro atoms. The maximum absolute atomic E-state index is 11.1. The average Bonchev–Trinajstić information content (AvgIpc) is 2.37. The number of rotatable bonds is 3. The van der Waals surface area contributed by atoms with Gasteiger partial charge in [-0.2, -0.15) is 0 Å². The van der Waals surface area contributed by atoms with Crippen LogP contribution in [0.25, 0.3) is 0 Å². The molecular weight excluding hydrogens is 256 g/mol. The van der Waals surface area contributed by atoms with Gasteiger partial charge in [0.25, 0.3) is 0 Å². The summed E-state index contributed by atoms with van der Waals surface area (Å²) in [4.78, 5) is 20.5. The maximum atomic E-state index is 11.1. The molecule has 0 saturated heterocycles. The zero-order chi connectivity index (χ0) is 14.3. The Morgan fingerprint density at radius 3 is 2.70 bits per heavy atom. The summed E-state index contributed by atoms with van der Waals surface area (Å²) in [5.41, 5.74) is 2.66. The first-order chi connectivity index (χ1) is 9.55. The van der Waals surface area contributed by atoms with E-state index in [0.29, 0.717) is 12.8 Å². The summed E-state index contributed by atoms with van der Waals surface area (Å²) in [6.45, 7) is 1.95. The first kappa shape index (κ1) is 13.5. The van der Waals surface area contributed by atoms with Crippen LogP contribution in [0.3, 0.4) is 0 Å². The molecule has 0 aromatic carbocycles. The van der Waals surface area contributed by atoms with Crippen LogP contribution in [0.4, 0.5) is 0 Å². The van der Waals surface area contributed by atoms with Crippen LogP contribution in [0.15, 0.2) is 0 Å². The highest BCUT2D eigenvalue weighted by Crippen LogP contribution is 2.43. The van der Waals surface area contributed by atoms with Crippen molar-refractivity contribution in [3.05, 3.63) is 22.8 Å². The van der Waals surface area contributed by atoms with Crippen molar-refractivity contribution in [2.24, 2.45) is 5.92 Å². The van der Waals surface area contributed by atoms with Crippen molar-refractivity contribution < 1.29 is 14.6 Å². The van der Waals surface area contributed by atoms with Gasteiger partial charge in [0.1, 0.15) is 5.60 Å². The summed E-state index contributed by atoms with van der Waals surface area (Å²) in [7, 11) is 1.72. The molecular formula is C15H20N2O3. The largest absolute Gasteiger partial charge is 0.481 e. The molecule has 1 aromatic heterocycles. The minimum Gasteiger partial charge on any atom is -0.481 e. The molecule has 1 unspecified atom stereocenters. The highest BCUT2D eigenvalue weighted by molar-refractivity contribution is 5.71. The average molecular weight is 276 g/mol.